The predicted molar refractivity (Wildman–Crippen MR) is 57.7 cm³/mol. The average Bonchev–Trinajstić information content (AvgIpc) is 2.34. The molecule has 1 amide bonds. The number of nitrogens with one attached hydrogen (secondary N) is 1. The first-order chi connectivity index (χ1) is 7.77. The van der Waals surface area contributed by atoms with Crippen molar-refractivity contribution in [2.75, 3.05) is 20.3 Å². The average molecular weight is 225 g/mol. The Bertz CT molecular complexity index is 323. The van der Waals surface area contributed by atoms with Crippen LogP contribution in [0.5, 0.6) is 0 Å². The first kappa shape index (κ1) is 12.6. The van der Waals surface area contributed by atoms with Gasteiger partial charge in [-0.1, -0.05) is 12.1 Å². The van der Waals surface area contributed by atoms with Gasteiger partial charge in [-0.15, -0.1) is 0 Å². The first-order valence-electron chi connectivity index (χ1n) is 4.88. The van der Waals surface area contributed by atoms with Gasteiger partial charge in [-0.3, -0.25) is 9.63 Å². The van der Waals surface area contributed by atoms with Crippen LogP contribution < -0.4 is 5.48 Å². The van der Waals surface area contributed by atoms with Gasteiger partial charge in [0.05, 0.1) is 19.8 Å². The Labute approximate surface area is 93.9 Å². The number of hydrogen-bond donors (Lipinski definition) is 2. The second-order valence-corrected chi connectivity index (χ2v) is 3.13. The molecule has 16 heavy (non-hydrogen) atoms. The normalized spacial score (nSPS) is 10.1. The molecule has 88 valence electrons. The van der Waals surface area contributed by atoms with Crippen LogP contribution in [0.2, 0.25) is 0 Å². The van der Waals surface area contributed by atoms with E-state index in [1.807, 2.05) is 0 Å². The van der Waals surface area contributed by atoms with Crippen molar-refractivity contribution in [3.63, 3.8) is 0 Å². The predicted octanol–water partition coefficient (Wildman–Crippen LogP) is 0.487. The molecule has 0 fully saturated rings. The minimum absolute atomic E-state index is 0.0355. The van der Waals surface area contributed by atoms with Crippen molar-refractivity contribution in [3.8, 4) is 0 Å². The third-order valence-electron chi connectivity index (χ3n) is 1.95. The van der Waals surface area contributed by atoms with Crippen LogP contribution in [0.3, 0.4) is 0 Å². The lowest BCUT2D eigenvalue weighted by Gasteiger charge is -2.05. The summed E-state index contributed by atoms with van der Waals surface area (Å²) < 4.78 is 4.76. The minimum Gasteiger partial charge on any atom is -0.392 e. The van der Waals surface area contributed by atoms with Crippen molar-refractivity contribution >= 4 is 5.91 Å². The largest absolute Gasteiger partial charge is 0.392 e. The number of carbonyl (C=O) groups excluding carboxylic acids is 1. The van der Waals surface area contributed by atoms with E-state index in [9.17, 15) is 4.79 Å². The van der Waals surface area contributed by atoms with Gasteiger partial charge in [0.1, 0.15) is 0 Å². The summed E-state index contributed by atoms with van der Waals surface area (Å²) in [5, 5.41) is 8.83. The number of benzene rings is 1. The van der Waals surface area contributed by atoms with E-state index in [0.29, 0.717) is 18.8 Å². The molecule has 0 saturated heterocycles. The van der Waals surface area contributed by atoms with E-state index in [4.69, 9.17) is 14.7 Å². The van der Waals surface area contributed by atoms with Crippen LogP contribution in [0.15, 0.2) is 24.3 Å². The molecular formula is C11H15NO4. The Morgan fingerprint density at radius 1 is 1.31 bits per heavy atom. The molecule has 1 rings (SSSR count). The van der Waals surface area contributed by atoms with Crippen molar-refractivity contribution in [1.29, 1.82) is 0 Å². The number of hydroxylamine groups is 1. The molecule has 0 unspecified atom stereocenters. The zero-order chi connectivity index (χ0) is 11.8. The van der Waals surface area contributed by atoms with Gasteiger partial charge in [0.15, 0.2) is 0 Å². The van der Waals surface area contributed by atoms with Gasteiger partial charge in [-0.25, -0.2) is 5.48 Å². The summed E-state index contributed by atoms with van der Waals surface area (Å²) in [7, 11) is 1.55. The monoisotopic (exact) mass is 225 g/mol. The van der Waals surface area contributed by atoms with Crippen LogP contribution in [0.1, 0.15) is 15.9 Å². The highest BCUT2D eigenvalue weighted by Gasteiger charge is 2.04. The molecule has 0 aliphatic heterocycles. The fraction of sp³-hybridized carbons (Fsp3) is 0.364. The van der Waals surface area contributed by atoms with E-state index in [0.717, 1.165) is 5.56 Å². The molecule has 2 N–H and O–H groups in total. The van der Waals surface area contributed by atoms with Crippen molar-refractivity contribution in [2.24, 2.45) is 0 Å². The van der Waals surface area contributed by atoms with Crippen molar-refractivity contribution in [3.05, 3.63) is 35.4 Å². The maximum Gasteiger partial charge on any atom is 0.274 e. The number of carbonyl (C=O) groups is 1. The topological polar surface area (TPSA) is 67.8 Å². The number of amides is 1. The van der Waals surface area contributed by atoms with E-state index in [1.54, 1.807) is 31.4 Å². The quantitative estimate of drug-likeness (QED) is 0.546. The van der Waals surface area contributed by atoms with Crippen LogP contribution in [-0.2, 0) is 16.2 Å². The zero-order valence-electron chi connectivity index (χ0n) is 9.10. The summed E-state index contributed by atoms with van der Waals surface area (Å²) >= 11 is 0. The summed E-state index contributed by atoms with van der Waals surface area (Å²) in [5.41, 5.74) is 3.53. The standard InChI is InChI=1S/C11H15NO4/c1-15-6-7-16-12-11(14)10-4-2-9(8-13)3-5-10/h2-5,13H,6-8H2,1H3,(H,12,14). The molecule has 5 heteroatoms. The van der Waals surface area contributed by atoms with Gasteiger partial charge in [0.2, 0.25) is 0 Å². The van der Waals surface area contributed by atoms with Crippen LogP contribution in [-0.4, -0.2) is 31.3 Å². The molecule has 5 nitrogen and oxygen atoms in total. The molecule has 1 aromatic rings. The van der Waals surface area contributed by atoms with Gasteiger partial charge in [-0.05, 0) is 17.7 Å². The summed E-state index contributed by atoms with van der Waals surface area (Å²) in [5.74, 6) is -0.319. The number of rotatable bonds is 6. The fourth-order valence-electron chi connectivity index (χ4n) is 1.06. The molecule has 0 bridgehead atoms. The lowest BCUT2D eigenvalue weighted by atomic mass is 10.1. The van der Waals surface area contributed by atoms with E-state index < -0.39 is 0 Å². The number of ether oxygens (including phenoxy) is 1. The summed E-state index contributed by atoms with van der Waals surface area (Å²) in [6, 6.07) is 6.62. The maximum atomic E-state index is 11.5. The molecule has 0 aliphatic rings. The first-order valence-corrected chi connectivity index (χ1v) is 4.88. The highest BCUT2D eigenvalue weighted by molar-refractivity contribution is 5.93. The van der Waals surface area contributed by atoms with Gasteiger partial charge in [-0.2, -0.15) is 0 Å². The molecule has 0 spiro atoms. The second kappa shape index (κ2) is 6.95. The van der Waals surface area contributed by atoms with E-state index in [-0.39, 0.29) is 12.5 Å². The van der Waals surface area contributed by atoms with Crippen LogP contribution in [0.25, 0.3) is 0 Å². The number of aliphatic hydroxyl groups excluding tert-OH is 1. The molecule has 0 aliphatic carbocycles. The molecule has 0 saturated carbocycles. The van der Waals surface area contributed by atoms with Gasteiger partial charge >= 0.3 is 0 Å². The minimum atomic E-state index is -0.319. The number of aliphatic hydroxyl groups is 1. The molecule has 0 aromatic heterocycles. The van der Waals surface area contributed by atoms with Crippen LogP contribution in [0.4, 0.5) is 0 Å². The Hall–Kier alpha value is -1.43. The second-order valence-electron chi connectivity index (χ2n) is 3.13. The van der Waals surface area contributed by atoms with Gasteiger partial charge < -0.3 is 9.84 Å². The SMILES string of the molecule is COCCONC(=O)c1ccc(CO)cc1. The Balaban J connectivity index is 2.40. The van der Waals surface area contributed by atoms with Gasteiger partial charge in [0, 0.05) is 12.7 Å². The van der Waals surface area contributed by atoms with Gasteiger partial charge in [0.25, 0.3) is 5.91 Å². The molecular weight excluding hydrogens is 210 g/mol. The van der Waals surface area contributed by atoms with Crippen molar-refractivity contribution < 1.29 is 19.5 Å². The third kappa shape index (κ3) is 3.98. The lowest BCUT2D eigenvalue weighted by Crippen LogP contribution is -2.25. The Morgan fingerprint density at radius 2 is 2.00 bits per heavy atom. The van der Waals surface area contributed by atoms with E-state index in [2.05, 4.69) is 5.48 Å². The molecule has 0 radical (unpaired) electrons. The number of methoxy groups -OCH3 is 1. The molecule has 1 aromatic carbocycles. The highest BCUT2D eigenvalue weighted by atomic mass is 16.7. The molecule has 0 heterocycles. The molecule has 0 atom stereocenters. The van der Waals surface area contributed by atoms with Crippen molar-refractivity contribution in [1.82, 2.24) is 5.48 Å². The summed E-state index contributed by atoms with van der Waals surface area (Å²) in [6.45, 7) is 0.687. The van der Waals surface area contributed by atoms with E-state index in [1.165, 1.54) is 0 Å². The fourth-order valence-corrected chi connectivity index (χ4v) is 1.06. The Morgan fingerprint density at radius 3 is 2.56 bits per heavy atom. The van der Waals surface area contributed by atoms with Crippen LogP contribution >= 0.6 is 0 Å². The Kier molecular flexibility index (Phi) is 5.49. The van der Waals surface area contributed by atoms with Crippen LogP contribution in [0, 0.1) is 0 Å². The number of hydrogen-bond acceptors (Lipinski definition) is 4. The third-order valence-corrected chi connectivity index (χ3v) is 1.95. The summed E-state index contributed by atoms with van der Waals surface area (Å²) in [6.07, 6.45) is 0. The van der Waals surface area contributed by atoms with Crippen molar-refractivity contribution in [2.45, 2.75) is 6.61 Å². The van der Waals surface area contributed by atoms with E-state index >= 15 is 0 Å². The summed E-state index contributed by atoms with van der Waals surface area (Å²) in [4.78, 5) is 16.3. The maximum absolute atomic E-state index is 11.5. The smallest absolute Gasteiger partial charge is 0.274 e. The highest BCUT2D eigenvalue weighted by Crippen LogP contribution is 2.03. The lowest BCUT2D eigenvalue weighted by molar-refractivity contribution is 0.00888. The zero-order valence-corrected chi connectivity index (χ0v) is 9.10.